The van der Waals surface area contributed by atoms with Gasteiger partial charge in [0.05, 0.1) is 6.20 Å². The van der Waals surface area contributed by atoms with Crippen LogP contribution in [0, 0.1) is 0 Å². The summed E-state index contributed by atoms with van der Waals surface area (Å²) in [7, 11) is 0. The number of oxazole rings is 1. The minimum absolute atomic E-state index is 0.0822. The fourth-order valence-electron chi connectivity index (χ4n) is 0.641. The molecule has 0 aliphatic rings. The van der Waals surface area contributed by atoms with Crippen LogP contribution in [0.25, 0.3) is 0 Å². The molecule has 0 amide bonds. The number of carboxylic acids is 1. The van der Waals surface area contributed by atoms with E-state index in [2.05, 4.69) is 9.40 Å². The molecule has 0 atom stereocenters. The monoisotopic (exact) mass is 159 g/mol. The molecular weight excluding hydrogens is 153 g/mol. The Balaban J connectivity index is 2.65. The van der Waals surface area contributed by atoms with Gasteiger partial charge in [0.25, 0.3) is 0 Å². The molecule has 0 aliphatic carbocycles. The second-order valence-electron chi connectivity index (χ2n) is 1.92. The summed E-state index contributed by atoms with van der Waals surface area (Å²) >= 11 is 0. The van der Waals surface area contributed by atoms with Crippen molar-refractivity contribution in [3.05, 3.63) is 17.8 Å². The lowest BCUT2D eigenvalue weighted by Crippen LogP contribution is -1.97. The third-order valence-electron chi connectivity index (χ3n) is 1.04. The Kier molecular flexibility index (Phi) is 2.20. The Morgan fingerprint density at radius 2 is 2.55 bits per heavy atom. The molecule has 1 aromatic heterocycles. The maximum absolute atomic E-state index is 11.8. The average Bonchev–Trinajstić information content (AvgIpc) is 2.34. The Bertz CT molecular complexity index is 258. The number of aromatic nitrogens is 1. The lowest BCUT2D eigenvalue weighted by Gasteiger charge is -1.86. The van der Waals surface area contributed by atoms with E-state index in [0.717, 1.165) is 0 Å². The summed E-state index contributed by atoms with van der Waals surface area (Å²) in [6.45, 7) is -0.806. The molecule has 60 valence electrons. The minimum Gasteiger partial charge on any atom is -0.481 e. The van der Waals surface area contributed by atoms with Crippen LogP contribution in [-0.4, -0.2) is 16.1 Å². The van der Waals surface area contributed by atoms with Crippen molar-refractivity contribution in [1.29, 1.82) is 0 Å². The normalized spacial score (nSPS) is 9.91. The van der Waals surface area contributed by atoms with Crippen LogP contribution in [0.1, 0.15) is 11.7 Å². The van der Waals surface area contributed by atoms with Gasteiger partial charge >= 0.3 is 5.97 Å². The number of carbonyl (C=O) groups is 1. The number of alkyl halides is 1. The molecule has 5 heteroatoms. The molecule has 11 heavy (non-hydrogen) atoms. The third kappa shape index (κ3) is 2.03. The molecule has 0 saturated carbocycles. The first-order valence-corrected chi connectivity index (χ1v) is 2.93. The number of hydrogen-bond acceptors (Lipinski definition) is 3. The highest BCUT2D eigenvalue weighted by atomic mass is 19.1. The molecule has 0 radical (unpaired) electrons. The molecule has 1 N–H and O–H groups in total. The molecule has 0 bridgehead atoms. The van der Waals surface area contributed by atoms with Gasteiger partial charge in [-0.15, -0.1) is 0 Å². The van der Waals surface area contributed by atoms with E-state index < -0.39 is 12.6 Å². The zero-order valence-corrected chi connectivity index (χ0v) is 5.58. The Hall–Kier alpha value is -1.39. The zero-order chi connectivity index (χ0) is 8.27. The zero-order valence-electron chi connectivity index (χ0n) is 5.58. The van der Waals surface area contributed by atoms with E-state index in [0.29, 0.717) is 0 Å². The lowest BCUT2D eigenvalue weighted by molar-refractivity contribution is -0.136. The van der Waals surface area contributed by atoms with Crippen LogP contribution in [0.3, 0.4) is 0 Å². The van der Waals surface area contributed by atoms with Crippen LogP contribution in [0.4, 0.5) is 4.39 Å². The van der Waals surface area contributed by atoms with E-state index in [1.54, 1.807) is 0 Å². The fourth-order valence-corrected chi connectivity index (χ4v) is 0.641. The first-order chi connectivity index (χ1) is 5.22. The van der Waals surface area contributed by atoms with E-state index in [4.69, 9.17) is 5.11 Å². The quantitative estimate of drug-likeness (QED) is 0.707. The predicted molar refractivity (Wildman–Crippen MR) is 32.7 cm³/mol. The van der Waals surface area contributed by atoms with Gasteiger partial charge in [0, 0.05) is 0 Å². The van der Waals surface area contributed by atoms with Gasteiger partial charge in [-0.1, -0.05) is 0 Å². The second-order valence-corrected chi connectivity index (χ2v) is 1.92. The number of hydrogen-bond donors (Lipinski definition) is 1. The summed E-state index contributed by atoms with van der Waals surface area (Å²) in [5.74, 6) is -0.932. The van der Waals surface area contributed by atoms with Crippen molar-refractivity contribution in [2.75, 3.05) is 0 Å². The molecule has 0 unspecified atom stereocenters. The highest BCUT2D eigenvalue weighted by Crippen LogP contribution is 2.04. The topological polar surface area (TPSA) is 63.3 Å². The molecule has 1 rings (SSSR count). The summed E-state index contributed by atoms with van der Waals surface area (Å²) < 4.78 is 16.4. The first kappa shape index (κ1) is 7.71. The smallest absolute Gasteiger partial charge is 0.311 e. The summed E-state index contributed by atoms with van der Waals surface area (Å²) in [6, 6.07) is 0. The van der Waals surface area contributed by atoms with Gasteiger partial charge in [0.1, 0.15) is 12.2 Å². The number of rotatable bonds is 3. The highest BCUT2D eigenvalue weighted by Gasteiger charge is 2.06. The number of aliphatic carboxylic acids is 1. The van der Waals surface area contributed by atoms with E-state index >= 15 is 0 Å². The van der Waals surface area contributed by atoms with Crippen molar-refractivity contribution in [2.45, 2.75) is 13.1 Å². The van der Waals surface area contributed by atoms with Gasteiger partial charge in [-0.3, -0.25) is 4.79 Å². The maximum Gasteiger partial charge on any atom is 0.311 e. The summed E-state index contributed by atoms with van der Waals surface area (Å²) in [5, 5.41) is 8.27. The highest BCUT2D eigenvalue weighted by molar-refractivity contribution is 5.69. The predicted octanol–water partition coefficient (Wildman–Crippen LogP) is 0.771. The molecule has 4 nitrogen and oxygen atoms in total. The van der Waals surface area contributed by atoms with Crippen molar-refractivity contribution < 1.29 is 18.7 Å². The SMILES string of the molecule is O=C(O)Cc1cnc(CF)o1. The van der Waals surface area contributed by atoms with E-state index in [-0.39, 0.29) is 18.1 Å². The molecular formula is C6H6FNO3. The number of halogens is 1. The van der Waals surface area contributed by atoms with Crippen LogP contribution in [0.5, 0.6) is 0 Å². The van der Waals surface area contributed by atoms with Crippen LogP contribution in [0.2, 0.25) is 0 Å². The Morgan fingerprint density at radius 3 is 3.00 bits per heavy atom. The molecule has 0 aliphatic heterocycles. The molecule has 0 saturated heterocycles. The number of carboxylic acid groups (broad SMARTS) is 1. The maximum atomic E-state index is 11.8. The van der Waals surface area contributed by atoms with E-state index in [9.17, 15) is 9.18 Å². The molecule has 0 aromatic carbocycles. The number of nitrogens with zero attached hydrogens (tertiary/aromatic N) is 1. The van der Waals surface area contributed by atoms with E-state index in [1.165, 1.54) is 6.20 Å². The van der Waals surface area contributed by atoms with Crippen molar-refractivity contribution in [3.63, 3.8) is 0 Å². The lowest BCUT2D eigenvalue weighted by atomic mass is 10.4. The van der Waals surface area contributed by atoms with Crippen molar-refractivity contribution in [3.8, 4) is 0 Å². The van der Waals surface area contributed by atoms with Crippen LogP contribution >= 0.6 is 0 Å². The summed E-state index contributed by atoms with van der Waals surface area (Å²) in [4.78, 5) is 13.6. The summed E-state index contributed by atoms with van der Waals surface area (Å²) in [6.07, 6.45) is 0.954. The summed E-state index contributed by atoms with van der Waals surface area (Å²) in [5.41, 5.74) is 0. The second kappa shape index (κ2) is 3.14. The third-order valence-corrected chi connectivity index (χ3v) is 1.04. The van der Waals surface area contributed by atoms with Crippen molar-refractivity contribution in [1.82, 2.24) is 4.98 Å². The largest absolute Gasteiger partial charge is 0.481 e. The van der Waals surface area contributed by atoms with Gasteiger partial charge < -0.3 is 9.52 Å². The fraction of sp³-hybridized carbons (Fsp3) is 0.333. The molecule has 0 spiro atoms. The Labute approximate surface area is 61.7 Å². The van der Waals surface area contributed by atoms with Gasteiger partial charge in [-0.05, 0) is 0 Å². The van der Waals surface area contributed by atoms with Crippen LogP contribution in [0.15, 0.2) is 10.6 Å². The van der Waals surface area contributed by atoms with Gasteiger partial charge in [-0.2, -0.15) is 0 Å². The first-order valence-electron chi connectivity index (χ1n) is 2.93. The molecule has 1 aromatic rings. The van der Waals surface area contributed by atoms with Crippen molar-refractivity contribution in [2.24, 2.45) is 0 Å². The van der Waals surface area contributed by atoms with Crippen LogP contribution < -0.4 is 0 Å². The standard InChI is InChI=1S/C6H6FNO3/c7-2-5-8-3-4(11-5)1-6(9)10/h3H,1-2H2,(H,9,10). The van der Waals surface area contributed by atoms with Crippen molar-refractivity contribution >= 4 is 5.97 Å². The van der Waals surface area contributed by atoms with E-state index in [1.807, 2.05) is 0 Å². The van der Waals surface area contributed by atoms with Gasteiger partial charge in [0.2, 0.25) is 5.89 Å². The van der Waals surface area contributed by atoms with Gasteiger partial charge in [0.15, 0.2) is 6.67 Å². The minimum atomic E-state index is -1.02. The van der Waals surface area contributed by atoms with Gasteiger partial charge in [-0.25, -0.2) is 9.37 Å². The average molecular weight is 159 g/mol. The molecule has 1 heterocycles. The van der Waals surface area contributed by atoms with Crippen LogP contribution in [-0.2, 0) is 17.9 Å². The Morgan fingerprint density at radius 1 is 1.82 bits per heavy atom. The molecule has 0 fully saturated rings.